The van der Waals surface area contributed by atoms with Gasteiger partial charge in [-0.15, -0.1) is 0 Å². The first-order valence-electron chi connectivity index (χ1n) is 6.05. The molecule has 19 heavy (non-hydrogen) atoms. The summed E-state index contributed by atoms with van der Waals surface area (Å²) in [5, 5.41) is 13.8. The van der Waals surface area contributed by atoms with Crippen molar-refractivity contribution >= 4 is 5.78 Å². The van der Waals surface area contributed by atoms with Crippen LogP contribution in [-0.4, -0.2) is 15.6 Å². The molecule has 0 aliphatic carbocycles. The van der Waals surface area contributed by atoms with Crippen LogP contribution in [-0.2, 0) is 23.7 Å². The molecule has 2 aromatic rings. The molecule has 0 fully saturated rings. The summed E-state index contributed by atoms with van der Waals surface area (Å²) in [4.78, 5) is 12.1. The molecule has 0 aliphatic rings. The smallest absolute Gasteiger partial charge is 0.154 e. The van der Waals surface area contributed by atoms with Gasteiger partial charge < -0.3 is 0 Å². The zero-order valence-corrected chi connectivity index (χ0v) is 11.0. The fourth-order valence-corrected chi connectivity index (χ4v) is 2.16. The molecule has 0 bridgehead atoms. The molecule has 1 atom stereocenters. The number of aromatic nitrogens is 2. The summed E-state index contributed by atoms with van der Waals surface area (Å²) in [5.74, 6) is -0.160. The Labute approximate surface area is 112 Å². The van der Waals surface area contributed by atoms with Crippen LogP contribution < -0.4 is 0 Å². The molecular formula is C15H15N3O. The Morgan fingerprint density at radius 1 is 1.37 bits per heavy atom. The molecule has 0 aliphatic heterocycles. The van der Waals surface area contributed by atoms with Gasteiger partial charge in [0.1, 0.15) is 5.41 Å². The number of ketones is 1. The van der Waals surface area contributed by atoms with Crippen LogP contribution in [0, 0.1) is 11.3 Å². The average Bonchev–Trinajstić information content (AvgIpc) is 2.82. The highest BCUT2D eigenvalue weighted by Crippen LogP contribution is 2.28. The molecule has 1 heterocycles. The van der Waals surface area contributed by atoms with Crippen molar-refractivity contribution in [1.82, 2.24) is 9.78 Å². The zero-order chi connectivity index (χ0) is 13.9. The van der Waals surface area contributed by atoms with Gasteiger partial charge in [0.2, 0.25) is 0 Å². The van der Waals surface area contributed by atoms with E-state index in [0.29, 0.717) is 6.42 Å². The van der Waals surface area contributed by atoms with Crippen molar-refractivity contribution in [2.24, 2.45) is 7.05 Å². The lowest BCUT2D eigenvalue weighted by atomic mass is 9.75. The highest BCUT2D eigenvalue weighted by atomic mass is 16.1. The van der Waals surface area contributed by atoms with Gasteiger partial charge in [-0.3, -0.25) is 9.48 Å². The van der Waals surface area contributed by atoms with Crippen molar-refractivity contribution in [3.63, 3.8) is 0 Å². The Balaban J connectivity index is 2.47. The maximum absolute atomic E-state index is 12.1. The van der Waals surface area contributed by atoms with Crippen LogP contribution in [0.1, 0.15) is 18.2 Å². The van der Waals surface area contributed by atoms with Crippen LogP contribution in [0.4, 0.5) is 0 Å². The number of hydrogen-bond acceptors (Lipinski definition) is 3. The average molecular weight is 253 g/mol. The van der Waals surface area contributed by atoms with Crippen molar-refractivity contribution in [2.45, 2.75) is 18.8 Å². The number of carbonyl (C=O) groups is 1. The Morgan fingerprint density at radius 3 is 2.53 bits per heavy atom. The van der Waals surface area contributed by atoms with E-state index in [2.05, 4.69) is 11.2 Å². The summed E-state index contributed by atoms with van der Waals surface area (Å²) in [6.45, 7) is 1.46. The van der Waals surface area contributed by atoms with Gasteiger partial charge in [0.05, 0.1) is 11.8 Å². The quantitative estimate of drug-likeness (QED) is 0.837. The summed E-state index contributed by atoms with van der Waals surface area (Å²) >= 11 is 0. The Kier molecular flexibility index (Phi) is 3.48. The molecule has 2 rings (SSSR count). The monoisotopic (exact) mass is 253 g/mol. The third-order valence-electron chi connectivity index (χ3n) is 3.27. The first-order chi connectivity index (χ1) is 9.08. The first-order valence-corrected chi connectivity index (χ1v) is 6.05. The predicted molar refractivity (Wildman–Crippen MR) is 71.3 cm³/mol. The number of nitriles is 1. The number of hydrogen-bond donors (Lipinski definition) is 0. The molecule has 4 heteroatoms. The third-order valence-corrected chi connectivity index (χ3v) is 3.27. The van der Waals surface area contributed by atoms with E-state index in [4.69, 9.17) is 0 Å². The minimum atomic E-state index is -1.16. The van der Waals surface area contributed by atoms with E-state index in [1.165, 1.54) is 6.92 Å². The Morgan fingerprint density at radius 2 is 2.05 bits per heavy atom. The summed E-state index contributed by atoms with van der Waals surface area (Å²) in [5.41, 5.74) is 0.300. The molecule has 1 aromatic heterocycles. The molecule has 1 aromatic carbocycles. The second-order valence-electron chi connectivity index (χ2n) is 4.60. The van der Waals surface area contributed by atoms with Gasteiger partial charge in [0.15, 0.2) is 5.78 Å². The number of benzene rings is 1. The molecule has 0 radical (unpaired) electrons. The van der Waals surface area contributed by atoms with E-state index in [1.807, 2.05) is 49.6 Å². The molecule has 0 N–H and O–H groups in total. The minimum absolute atomic E-state index is 0.160. The van der Waals surface area contributed by atoms with E-state index in [1.54, 1.807) is 4.68 Å². The zero-order valence-electron chi connectivity index (χ0n) is 11.0. The van der Waals surface area contributed by atoms with Gasteiger partial charge in [-0.25, -0.2) is 0 Å². The Hall–Kier alpha value is -2.41. The summed E-state index contributed by atoms with van der Waals surface area (Å²) < 4.78 is 1.67. The Bertz CT molecular complexity index is 624. The van der Waals surface area contributed by atoms with Gasteiger partial charge in [0.25, 0.3) is 0 Å². The lowest BCUT2D eigenvalue weighted by molar-refractivity contribution is -0.120. The second-order valence-corrected chi connectivity index (χ2v) is 4.60. The van der Waals surface area contributed by atoms with Gasteiger partial charge in [-0.1, -0.05) is 30.3 Å². The van der Waals surface area contributed by atoms with Gasteiger partial charge in [-0.2, -0.15) is 10.4 Å². The van der Waals surface area contributed by atoms with Crippen LogP contribution in [0.25, 0.3) is 0 Å². The topological polar surface area (TPSA) is 58.7 Å². The SMILES string of the molecule is CC(=O)C(C#N)(Cc1ccn(C)n1)c1ccccc1. The molecular weight excluding hydrogens is 238 g/mol. The molecule has 1 unspecified atom stereocenters. The summed E-state index contributed by atoms with van der Waals surface area (Å²) in [6.07, 6.45) is 2.10. The lowest BCUT2D eigenvalue weighted by Gasteiger charge is -2.23. The predicted octanol–water partition coefficient (Wildman–Crippen LogP) is 2.01. The van der Waals surface area contributed by atoms with Crippen LogP contribution in [0.5, 0.6) is 0 Å². The number of rotatable bonds is 4. The normalized spacial score (nSPS) is 13.5. The molecule has 96 valence electrons. The van der Waals surface area contributed by atoms with Gasteiger partial charge in [-0.05, 0) is 18.6 Å². The standard InChI is InChI=1S/C15H15N3O/c1-12(19)15(11-16,13-6-4-3-5-7-13)10-14-8-9-18(2)17-14/h3-9H,10H2,1-2H3. The summed E-state index contributed by atoms with van der Waals surface area (Å²) in [7, 11) is 1.81. The lowest BCUT2D eigenvalue weighted by Crippen LogP contribution is -2.35. The van der Waals surface area contributed by atoms with Crippen molar-refractivity contribution in [1.29, 1.82) is 5.26 Å². The van der Waals surface area contributed by atoms with Crippen LogP contribution in [0.15, 0.2) is 42.6 Å². The van der Waals surface area contributed by atoms with E-state index in [0.717, 1.165) is 11.3 Å². The molecule has 0 spiro atoms. The molecule has 4 nitrogen and oxygen atoms in total. The van der Waals surface area contributed by atoms with Crippen molar-refractivity contribution < 1.29 is 4.79 Å². The minimum Gasteiger partial charge on any atom is -0.298 e. The van der Waals surface area contributed by atoms with Gasteiger partial charge in [0, 0.05) is 19.7 Å². The number of aryl methyl sites for hydroxylation is 1. The maximum atomic E-state index is 12.1. The number of nitrogens with zero attached hydrogens (tertiary/aromatic N) is 3. The van der Waals surface area contributed by atoms with E-state index in [9.17, 15) is 10.1 Å². The fraction of sp³-hybridized carbons (Fsp3) is 0.267. The van der Waals surface area contributed by atoms with E-state index >= 15 is 0 Å². The second kappa shape index (κ2) is 5.07. The van der Waals surface area contributed by atoms with Crippen molar-refractivity contribution in [2.75, 3.05) is 0 Å². The van der Waals surface area contributed by atoms with Gasteiger partial charge >= 0.3 is 0 Å². The third kappa shape index (κ3) is 2.41. The summed E-state index contributed by atoms with van der Waals surface area (Å²) in [6, 6.07) is 13.2. The van der Waals surface area contributed by atoms with E-state index in [-0.39, 0.29) is 5.78 Å². The van der Waals surface area contributed by atoms with Crippen molar-refractivity contribution in [3.05, 3.63) is 53.9 Å². The van der Waals surface area contributed by atoms with Crippen LogP contribution in [0.2, 0.25) is 0 Å². The highest BCUT2D eigenvalue weighted by Gasteiger charge is 2.38. The maximum Gasteiger partial charge on any atom is 0.154 e. The molecule has 0 saturated heterocycles. The van der Waals surface area contributed by atoms with Crippen LogP contribution >= 0.6 is 0 Å². The fourth-order valence-electron chi connectivity index (χ4n) is 2.16. The highest BCUT2D eigenvalue weighted by molar-refractivity contribution is 5.91. The van der Waals surface area contributed by atoms with Crippen molar-refractivity contribution in [3.8, 4) is 6.07 Å². The number of Topliss-reactive ketones (excluding diaryl/α,β-unsaturated/α-hetero) is 1. The molecule has 0 amide bonds. The first kappa shape index (κ1) is 13.0. The van der Waals surface area contributed by atoms with Crippen LogP contribution in [0.3, 0.4) is 0 Å². The number of carbonyl (C=O) groups excluding carboxylic acids is 1. The van der Waals surface area contributed by atoms with E-state index < -0.39 is 5.41 Å². The molecule has 0 saturated carbocycles. The largest absolute Gasteiger partial charge is 0.298 e.